The van der Waals surface area contributed by atoms with Crippen LogP contribution < -0.4 is 14.8 Å². The van der Waals surface area contributed by atoms with E-state index in [0.29, 0.717) is 11.1 Å². The first-order chi connectivity index (χ1) is 14.0. The number of carbonyl (C=O) groups is 1. The van der Waals surface area contributed by atoms with E-state index in [9.17, 15) is 9.18 Å². The van der Waals surface area contributed by atoms with Crippen molar-refractivity contribution >= 4 is 27.5 Å². The number of para-hydroxylation sites is 2. The van der Waals surface area contributed by atoms with Gasteiger partial charge in [0.15, 0.2) is 11.5 Å². The van der Waals surface area contributed by atoms with Gasteiger partial charge in [-0.05, 0) is 57.0 Å². The van der Waals surface area contributed by atoms with Crippen LogP contribution in [-0.4, -0.2) is 42.6 Å². The summed E-state index contributed by atoms with van der Waals surface area (Å²) in [6, 6.07) is 11.9. The van der Waals surface area contributed by atoms with Crippen molar-refractivity contribution < 1.29 is 18.7 Å². The maximum Gasteiger partial charge on any atom is 0.241 e. The largest absolute Gasteiger partial charge is 0.490 e. The number of hydrogen-bond donors (Lipinski definition) is 1. The molecular weight excluding hydrogens is 439 g/mol. The molecule has 1 aliphatic rings. The van der Waals surface area contributed by atoms with E-state index in [1.165, 1.54) is 6.07 Å². The number of anilines is 1. The van der Waals surface area contributed by atoms with Crippen LogP contribution in [0.3, 0.4) is 0 Å². The van der Waals surface area contributed by atoms with Crippen LogP contribution in [0.15, 0.2) is 46.9 Å². The van der Waals surface area contributed by atoms with Crippen molar-refractivity contribution in [3.63, 3.8) is 0 Å². The normalized spacial score (nSPS) is 16.3. The monoisotopic (exact) mass is 464 g/mol. The predicted molar refractivity (Wildman–Crippen MR) is 115 cm³/mol. The lowest BCUT2D eigenvalue weighted by atomic mass is 10.1. The Hall–Kier alpha value is -2.12. The van der Waals surface area contributed by atoms with Crippen LogP contribution >= 0.6 is 15.9 Å². The summed E-state index contributed by atoms with van der Waals surface area (Å²) in [4.78, 5) is 14.7. The lowest BCUT2D eigenvalue weighted by molar-refractivity contribution is -0.121. The van der Waals surface area contributed by atoms with Crippen LogP contribution in [-0.2, 0) is 4.79 Å². The van der Waals surface area contributed by atoms with E-state index in [0.717, 1.165) is 37.4 Å². The number of rotatable bonds is 7. The summed E-state index contributed by atoms with van der Waals surface area (Å²) in [5.41, 5.74) is 0.191. The maximum atomic E-state index is 14.0. The molecule has 1 aliphatic heterocycles. The molecule has 1 atom stereocenters. The quantitative estimate of drug-likeness (QED) is 0.635. The number of piperidine rings is 1. The van der Waals surface area contributed by atoms with Crippen molar-refractivity contribution in [1.82, 2.24) is 4.90 Å². The number of nitrogens with one attached hydrogen (secondary N) is 1. The smallest absolute Gasteiger partial charge is 0.241 e. The van der Waals surface area contributed by atoms with E-state index in [2.05, 4.69) is 26.1 Å². The van der Waals surface area contributed by atoms with Crippen molar-refractivity contribution in [3.05, 3.63) is 52.8 Å². The van der Waals surface area contributed by atoms with Gasteiger partial charge in [-0.3, -0.25) is 9.69 Å². The fourth-order valence-electron chi connectivity index (χ4n) is 3.38. The Balaban J connectivity index is 1.52. The van der Waals surface area contributed by atoms with Crippen LogP contribution in [0, 0.1) is 5.82 Å². The summed E-state index contributed by atoms with van der Waals surface area (Å²) in [6.45, 7) is 5.85. The SMILES string of the molecule is CCOc1ccccc1OC1CCN(C(C)C(=O)Nc2ccc(Br)cc2F)CC1. The number of ether oxygens (including phenoxy) is 2. The van der Waals surface area contributed by atoms with Crippen LogP contribution in [0.4, 0.5) is 10.1 Å². The van der Waals surface area contributed by atoms with Crippen molar-refractivity contribution in [2.75, 3.05) is 25.0 Å². The molecule has 1 amide bonds. The van der Waals surface area contributed by atoms with Crippen LogP contribution in [0.5, 0.6) is 11.5 Å². The fraction of sp³-hybridized carbons (Fsp3) is 0.409. The summed E-state index contributed by atoms with van der Waals surface area (Å²) in [5.74, 6) is 0.832. The van der Waals surface area contributed by atoms with E-state index in [-0.39, 0.29) is 23.7 Å². The molecule has 0 spiro atoms. The van der Waals surface area contributed by atoms with E-state index in [1.54, 1.807) is 12.1 Å². The molecular formula is C22H26BrFN2O3. The highest BCUT2D eigenvalue weighted by molar-refractivity contribution is 9.10. The predicted octanol–water partition coefficient (Wildman–Crippen LogP) is 4.86. The van der Waals surface area contributed by atoms with Gasteiger partial charge in [0, 0.05) is 17.6 Å². The van der Waals surface area contributed by atoms with Gasteiger partial charge in [0.25, 0.3) is 0 Å². The summed E-state index contributed by atoms with van der Waals surface area (Å²) in [5, 5.41) is 2.68. The third-order valence-electron chi connectivity index (χ3n) is 5.04. The highest BCUT2D eigenvalue weighted by atomic mass is 79.9. The number of carbonyl (C=O) groups excluding carboxylic acids is 1. The molecule has 2 aromatic rings. The average Bonchev–Trinajstić information content (AvgIpc) is 2.72. The summed E-state index contributed by atoms with van der Waals surface area (Å²) >= 11 is 3.22. The van der Waals surface area contributed by atoms with Crippen molar-refractivity contribution in [3.8, 4) is 11.5 Å². The van der Waals surface area contributed by atoms with Gasteiger partial charge >= 0.3 is 0 Å². The molecule has 1 unspecified atom stereocenters. The number of hydrogen-bond acceptors (Lipinski definition) is 4. The summed E-state index contributed by atoms with van der Waals surface area (Å²) in [7, 11) is 0. The minimum absolute atomic E-state index is 0.0760. The molecule has 0 saturated carbocycles. The van der Waals surface area contributed by atoms with Crippen LogP contribution in [0.1, 0.15) is 26.7 Å². The second kappa shape index (κ2) is 10.1. The average molecular weight is 465 g/mol. The van der Waals surface area contributed by atoms with E-state index >= 15 is 0 Å². The van der Waals surface area contributed by atoms with Gasteiger partial charge in [-0.1, -0.05) is 28.1 Å². The number of amides is 1. The molecule has 3 rings (SSSR count). The van der Waals surface area contributed by atoms with E-state index in [4.69, 9.17) is 9.47 Å². The van der Waals surface area contributed by atoms with Gasteiger partial charge in [-0.15, -0.1) is 0 Å². The molecule has 0 aromatic heterocycles. The molecule has 0 bridgehead atoms. The van der Waals surface area contributed by atoms with Crippen LogP contribution in [0.2, 0.25) is 0 Å². The fourth-order valence-corrected chi connectivity index (χ4v) is 3.71. The third-order valence-corrected chi connectivity index (χ3v) is 5.53. The first kappa shape index (κ1) is 21.6. The van der Waals surface area contributed by atoms with Crippen molar-refractivity contribution in [1.29, 1.82) is 0 Å². The Morgan fingerprint density at radius 3 is 2.59 bits per heavy atom. The minimum Gasteiger partial charge on any atom is -0.490 e. The Kier molecular flexibility index (Phi) is 7.50. The zero-order valence-electron chi connectivity index (χ0n) is 16.7. The molecule has 1 saturated heterocycles. The standard InChI is InChI=1S/C22H26BrFN2O3/c1-3-28-20-6-4-5-7-21(20)29-17-10-12-26(13-11-17)15(2)22(27)25-19-9-8-16(23)14-18(19)24/h4-9,14-15,17H,3,10-13H2,1-2H3,(H,25,27). The molecule has 1 heterocycles. The molecule has 0 radical (unpaired) electrons. The molecule has 29 heavy (non-hydrogen) atoms. The second-order valence-corrected chi connectivity index (χ2v) is 7.94. The zero-order chi connectivity index (χ0) is 20.8. The number of likely N-dealkylation sites (tertiary alicyclic amines) is 1. The third kappa shape index (κ3) is 5.70. The van der Waals surface area contributed by atoms with E-state index in [1.807, 2.05) is 38.1 Å². The van der Waals surface area contributed by atoms with Gasteiger partial charge in [-0.2, -0.15) is 0 Å². The van der Waals surface area contributed by atoms with Crippen molar-refractivity contribution in [2.45, 2.75) is 38.8 Å². The van der Waals surface area contributed by atoms with Gasteiger partial charge in [0.2, 0.25) is 5.91 Å². The van der Waals surface area contributed by atoms with Crippen molar-refractivity contribution in [2.24, 2.45) is 0 Å². The maximum absolute atomic E-state index is 14.0. The highest BCUT2D eigenvalue weighted by Gasteiger charge is 2.28. The Morgan fingerprint density at radius 2 is 1.93 bits per heavy atom. The lowest BCUT2D eigenvalue weighted by Crippen LogP contribution is -2.47. The minimum atomic E-state index is -0.458. The Bertz CT molecular complexity index is 841. The molecule has 5 nitrogen and oxygen atoms in total. The lowest BCUT2D eigenvalue weighted by Gasteiger charge is -2.35. The van der Waals surface area contributed by atoms with Crippen LogP contribution in [0.25, 0.3) is 0 Å². The number of halogens is 2. The van der Waals surface area contributed by atoms with Gasteiger partial charge in [0.1, 0.15) is 11.9 Å². The summed E-state index contributed by atoms with van der Waals surface area (Å²) in [6.07, 6.45) is 1.70. The first-order valence-corrected chi connectivity index (χ1v) is 10.7. The van der Waals surface area contributed by atoms with Gasteiger partial charge in [0.05, 0.1) is 18.3 Å². The highest BCUT2D eigenvalue weighted by Crippen LogP contribution is 2.29. The molecule has 0 aliphatic carbocycles. The van der Waals surface area contributed by atoms with E-state index < -0.39 is 5.82 Å². The zero-order valence-corrected chi connectivity index (χ0v) is 18.2. The molecule has 2 aromatic carbocycles. The van der Waals surface area contributed by atoms with Gasteiger partial charge < -0.3 is 14.8 Å². The molecule has 1 N–H and O–H groups in total. The molecule has 7 heteroatoms. The van der Waals surface area contributed by atoms with Gasteiger partial charge in [-0.25, -0.2) is 4.39 Å². The first-order valence-electron chi connectivity index (χ1n) is 9.86. The summed E-state index contributed by atoms with van der Waals surface area (Å²) < 4.78 is 26.4. The second-order valence-electron chi connectivity index (χ2n) is 7.02. The number of nitrogens with zero attached hydrogens (tertiary/aromatic N) is 1. The number of benzene rings is 2. The Morgan fingerprint density at radius 1 is 1.24 bits per heavy atom. The Labute approximate surface area is 179 Å². The molecule has 1 fully saturated rings. The topological polar surface area (TPSA) is 50.8 Å². The molecule has 156 valence electrons.